The first-order valence-corrected chi connectivity index (χ1v) is 6.63. The van der Waals surface area contributed by atoms with Crippen molar-refractivity contribution in [3.8, 4) is 0 Å². The highest BCUT2D eigenvalue weighted by atomic mass is 16.2. The van der Waals surface area contributed by atoms with Crippen LogP contribution < -0.4 is 5.32 Å². The lowest BCUT2D eigenvalue weighted by Gasteiger charge is -2.22. The number of rotatable bonds is 4. The quantitative estimate of drug-likeness (QED) is 0.814. The fraction of sp³-hybridized carbons (Fsp3) is 0.438. The summed E-state index contributed by atoms with van der Waals surface area (Å²) in [6.07, 6.45) is 0. The van der Waals surface area contributed by atoms with E-state index in [0.29, 0.717) is 13.1 Å². The highest BCUT2D eigenvalue weighted by molar-refractivity contribution is 5.90. The lowest BCUT2D eigenvalue weighted by atomic mass is 10.1. The summed E-state index contributed by atoms with van der Waals surface area (Å²) in [5.41, 5.74) is 5.37. The Bertz CT molecular complexity index is 492. The SMILES string of the molecule is C=C(C)CN(CC)C(=O)Nc1cc(C)c(C)cc1C. The number of hydrogen-bond acceptors (Lipinski definition) is 1. The van der Waals surface area contributed by atoms with Gasteiger partial charge in [0.15, 0.2) is 0 Å². The molecule has 1 aromatic rings. The van der Waals surface area contributed by atoms with Crippen LogP contribution in [0.4, 0.5) is 10.5 Å². The van der Waals surface area contributed by atoms with E-state index < -0.39 is 0 Å². The van der Waals surface area contributed by atoms with Crippen molar-refractivity contribution in [2.75, 3.05) is 18.4 Å². The van der Waals surface area contributed by atoms with Crippen LogP contribution in [0.2, 0.25) is 0 Å². The minimum Gasteiger partial charge on any atom is -0.321 e. The van der Waals surface area contributed by atoms with Gasteiger partial charge in [-0.3, -0.25) is 0 Å². The van der Waals surface area contributed by atoms with Crippen molar-refractivity contribution in [3.63, 3.8) is 0 Å². The fourth-order valence-electron chi connectivity index (χ4n) is 1.94. The third kappa shape index (κ3) is 4.12. The first-order chi connectivity index (χ1) is 8.85. The molecule has 0 unspecified atom stereocenters. The summed E-state index contributed by atoms with van der Waals surface area (Å²) in [5, 5.41) is 2.98. The molecule has 0 saturated carbocycles. The summed E-state index contributed by atoms with van der Waals surface area (Å²) in [6.45, 7) is 15.1. The average molecular weight is 260 g/mol. The van der Waals surface area contributed by atoms with Gasteiger partial charge in [0.1, 0.15) is 0 Å². The Morgan fingerprint density at radius 1 is 1.21 bits per heavy atom. The van der Waals surface area contributed by atoms with Crippen LogP contribution in [0.1, 0.15) is 30.5 Å². The van der Waals surface area contributed by atoms with Crippen molar-refractivity contribution in [2.45, 2.75) is 34.6 Å². The van der Waals surface area contributed by atoms with Gasteiger partial charge in [0.05, 0.1) is 0 Å². The van der Waals surface area contributed by atoms with Crippen LogP contribution in [0, 0.1) is 20.8 Å². The van der Waals surface area contributed by atoms with Gasteiger partial charge in [-0.05, 0) is 57.4 Å². The number of nitrogens with zero attached hydrogens (tertiary/aromatic N) is 1. The topological polar surface area (TPSA) is 32.3 Å². The van der Waals surface area contributed by atoms with Gasteiger partial charge >= 0.3 is 6.03 Å². The lowest BCUT2D eigenvalue weighted by Crippen LogP contribution is -2.36. The number of anilines is 1. The van der Waals surface area contributed by atoms with E-state index in [1.54, 1.807) is 4.90 Å². The Balaban J connectivity index is 2.86. The Kier molecular flexibility index (Phi) is 5.16. The maximum atomic E-state index is 12.2. The Hall–Kier alpha value is -1.77. The maximum absolute atomic E-state index is 12.2. The van der Waals surface area contributed by atoms with E-state index in [1.807, 2.05) is 26.8 Å². The van der Waals surface area contributed by atoms with Gasteiger partial charge in [-0.2, -0.15) is 0 Å². The highest BCUT2D eigenvalue weighted by Gasteiger charge is 2.13. The zero-order chi connectivity index (χ0) is 14.6. The maximum Gasteiger partial charge on any atom is 0.322 e. The van der Waals surface area contributed by atoms with Gasteiger partial charge in [0.2, 0.25) is 0 Å². The molecule has 0 bridgehead atoms. The number of benzene rings is 1. The normalized spacial score (nSPS) is 10.2. The van der Waals surface area contributed by atoms with Crippen LogP contribution in [0.15, 0.2) is 24.3 Å². The van der Waals surface area contributed by atoms with Gasteiger partial charge < -0.3 is 10.2 Å². The van der Waals surface area contributed by atoms with Gasteiger partial charge in [0.25, 0.3) is 0 Å². The molecular weight excluding hydrogens is 236 g/mol. The Morgan fingerprint density at radius 3 is 2.32 bits per heavy atom. The molecule has 0 atom stereocenters. The molecule has 19 heavy (non-hydrogen) atoms. The van der Waals surface area contributed by atoms with Crippen molar-refractivity contribution in [1.29, 1.82) is 0 Å². The van der Waals surface area contributed by atoms with E-state index >= 15 is 0 Å². The van der Waals surface area contributed by atoms with Crippen molar-refractivity contribution in [1.82, 2.24) is 4.90 Å². The van der Waals surface area contributed by atoms with E-state index in [1.165, 1.54) is 11.1 Å². The van der Waals surface area contributed by atoms with Gasteiger partial charge in [-0.15, -0.1) is 0 Å². The zero-order valence-corrected chi connectivity index (χ0v) is 12.6. The molecule has 1 rings (SSSR count). The molecule has 1 N–H and O–H groups in total. The van der Waals surface area contributed by atoms with Gasteiger partial charge in [0, 0.05) is 18.8 Å². The van der Waals surface area contributed by atoms with Crippen molar-refractivity contribution < 1.29 is 4.79 Å². The molecule has 0 heterocycles. The molecule has 2 amide bonds. The summed E-state index contributed by atoms with van der Waals surface area (Å²) in [5.74, 6) is 0. The number of likely N-dealkylation sites (N-methyl/N-ethyl adjacent to an activating group) is 1. The van der Waals surface area contributed by atoms with Crippen LogP contribution in [-0.4, -0.2) is 24.0 Å². The minimum atomic E-state index is -0.0724. The second-order valence-corrected chi connectivity index (χ2v) is 5.15. The molecule has 0 aromatic heterocycles. The first kappa shape index (κ1) is 15.3. The fourth-order valence-corrected chi connectivity index (χ4v) is 1.94. The van der Waals surface area contributed by atoms with Crippen LogP contribution in [-0.2, 0) is 0 Å². The molecule has 0 aliphatic carbocycles. The number of carbonyl (C=O) groups excluding carboxylic acids is 1. The molecule has 0 aliphatic rings. The second-order valence-electron chi connectivity index (χ2n) is 5.15. The molecular formula is C16H24N2O. The number of hydrogen-bond donors (Lipinski definition) is 1. The van der Waals surface area contributed by atoms with E-state index in [0.717, 1.165) is 16.8 Å². The molecule has 3 heteroatoms. The molecule has 0 saturated heterocycles. The summed E-state index contributed by atoms with van der Waals surface area (Å²) in [6, 6.07) is 4.05. The third-order valence-electron chi connectivity index (χ3n) is 3.21. The molecule has 3 nitrogen and oxygen atoms in total. The summed E-state index contributed by atoms with van der Waals surface area (Å²) >= 11 is 0. The predicted molar refractivity (Wildman–Crippen MR) is 81.7 cm³/mol. The smallest absolute Gasteiger partial charge is 0.321 e. The zero-order valence-electron chi connectivity index (χ0n) is 12.6. The second kappa shape index (κ2) is 6.41. The number of nitrogens with one attached hydrogen (secondary N) is 1. The number of carbonyl (C=O) groups is 1. The van der Waals surface area contributed by atoms with E-state index in [9.17, 15) is 4.79 Å². The number of amides is 2. The van der Waals surface area contributed by atoms with Crippen molar-refractivity contribution in [3.05, 3.63) is 41.0 Å². The largest absolute Gasteiger partial charge is 0.322 e. The van der Waals surface area contributed by atoms with Crippen LogP contribution in [0.25, 0.3) is 0 Å². The van der Waals surface area contributed by atoms with Crippen molar-refractivity contribution >= 4 is 11.7 Å². The minimum absolute atomic E-state index is 0.0724. The van der Waals surface area contributed by atoms with Crippen molar-refractivity contribution in [2.24, 2.45) is 0 Å². The molecule has 0 spiro atoms. The highest BCUT2D eigenvalue weighted by Crippen LogP contribution is 2.20. The summed E-state index contributed by atoms with van der Waals surface area (Å²) in [4.78, 5) is 13.9. The molecule has 0 fully saturated rings. The standard InChI is InChI=1S/C16H24N2O/c1-7-18(10-11(2)3)16(19)17-15-9-13(5)12(4)8-14(15)6/h8-9H,2,7,10H2,1,3-6H3,(H,17,19). The lowest BCUT2D eigenvalue weighted by molar-refractivity contribution is 0.218. The molecule has 104 valence electrons. The first-order valence-electron chi connectivity index (χ1n) is 6.63. The molecule has 0 radical (unpaired) electrons. The van der Waals surface area contributed by atoms with Gasteiger partial charge in [-0.1, -0.05) is 18.2 Å². The number of urea groups is 1. The predicted octanol–water partition coefficient (Wildman–Crippen LogP) is 4.04. The Morgan fingerprint density at radius 2 is 1.79 bits per heavy atom. The molecule has 1 aromatic carbocycles. The molecule has 0 aliphatic heterocycles. The Labute approximate surface area is 116 Å². The van der Waals surface area contributed by atoms with Crippen LogP contribution >= 0.6 is 0 Å². The summed E-state index contributed by atoms with van der Waals surface area (Å²) in [7, 11) is 0. The number of aryl methyl sites for hydroxylation is 3. The average Bonchev–Trinajstić information content (AvgIpc) is 2.32. The van der Waals surface area contributed by atoms with E-state index in [-0.39, 0.29) is 6.03 Å². The van der Waals surface area contributed by atoms with Gasteiger partial charge in [-0.25, -0.2) is 4.79 Å². The monoisotopic (exact) mass is 260 g/mol. The van der Waals surface area contributed by atoms with E-state index in [4.69, 9.17) is 0 Å². The summed E-state index contributed by atoms with van der Waals surface area (Å²) < 4.78 is 0. The van der Waals surface area contributed by atoms with E-state index in [2.05, 4.69) is 31.8 Å². The van der Waals surface area contributed by atoms with Crippen LogP contribution in [0.3, 0.4) is 0 Å². The third-order valence-corrected chi connectivity index (χ3v) is 3.21. The van der Waals surface area contributed by atoms with Crippen LogP contribution in [0.5, 0.6) is 0 Å².